The van der Waals surface area contributed by atoms with E-state index in [0.29, 0.717) is 26.4 Å². The third-order valence-corrected chi connectivity index (χ3v) is 7.14. The van der Waals surface area contributed by atoms with E-state index in [1.165, 1.54) is 5.56 Å². The molecule has 1 aliphatic heterocycles. The van der Waals surface area contributed by atoms with Gasteiger partial charge in [-0.3, -0.25) is 4.90 Å². The van der Waals surface area contributed by atoms with Crippen LogP contribution in [-0.2, 0) is 40.6 Å². The van der Waals surface area contributed by atoms with Gasteiger partial charge in [-0.05, 0) is 27.8 Å². The van der Waals surface area contributed by atoms with Crippen LogP contribution >= 0.6 is 0 Å². The van der Waals surface area contributed by atoms with Gasteiger partial charge in [0.1, 0.15) is 12.2 Å². The summed E-state index contributed by atoms with van der Waals surface area (Å²) in [5.41, 5.74) is 5.71. The van der Waals surface area contributed by atoms with Crippen molar-refractivity contribution in [2.75, 3.05) is 13.2 Å². The maximum Gasteiger partial charge on any atom is 0.108 e. The van der Waals surface area contributed by atoms with E-state index in [1.807, 2.05) is 54.6 Å². The van der Waals surface area contributed by atoms with Crippen molar-refractivity contribution >= 4 is 0 Å². The molecule has 0 unspecified atom stereocenters. The molecule has 3 atom stereocenters. The molecule has 0 radical (unpaired) electrons. The lowest BCUT2D eigenvalue weighted by Gasteiger charge is -2.46. The second-order valence-electron chi connectivity index (χ2n) is 10.1. The molecule has 1 saturated heterocycles. The molecule has 0 aliphatic carbocycles. The lowest BCUT2D eigenvalue weighted by atomic mass is 9.91. The number of benzene rings is 4. The zero-order valence-electron chi connectivity index (χ0n) is 22.4. The highest BCUT2D eigenvalue weighted by atomic mass is 16.5. The largest absolute Gasteiger partial charge is 0.375 e. The van der Waals surface area contributed by atoms with Crippen molar-refractivity contribution in [3.05, 3.63) is 156 Å². The van der Waals surface area contributed by atoms with Crippen molar-refractivity contribution < 1.29 is 14.2 Å². The van der Waals surface area contributed by atoms with Crippen molar-refractivity contribution in [1.82, 2.24) is 4.90 Å². The van der Waals surface area contributed by atoms with Crippen LogP contribution < -0.4 is 0 Å². The number of hydrogen-bond donors (Lipinski definition) is 0. The molecular weight excluding hydrogens is 482 g/mol. The Balaban J connectivity index is 1.39. The molecule has 0 aromatic heterocycles. The minimum atomic E-state index is -0.244. The molecule has 1 heterocycles. The molecule has 0 bridgehead atoms. The molecule has 0 N–H and O–H groups in total. The van der Waals surface area contributed by atoms with Crippen molar-refractivity contribution in [2.24, 2.45) is 0 Å². The summed E-state index contributed by atoms with van der Waals surface area (Å²) in [5, 5.41) is 0. The summed E-state index contributed by atoms with van der Waals surface area (Å²) in [4.78, 5) is 2.43. The van der Waals surface area contributed by atoms with Crippen LogP contribution in [0.2, 0.25) is 0 Å². The highest BCUT2D eigenvalue weighted by Gasteiger charge is 2.42. The first-order valence-electron chi connectivity index (χ1n) is 13.6. The smallest absolute Gasteiger partial charge is 0.108 e. The fourth-order valence-corrected chi connectivity index (χ4v) is 5.11. The Labute approximate surface area is 232 Å². The fourth-order valence-electron chi connectivity index (χ4n) is 5.11. The third-order valence-electron chi connectivity index (χ3n) is 7.14. The molecule has 1 fully saturated rings. The van der Waals surface area contributed by atoms with Crippen LogP contribution in [0, 0.1) is 0 Å². The molecule has 0 saturated carbocycles. The van der Waals surface area contributed by atoms with Gasteiger partial charge in [0.05, 0.1) is 32.5 Å². The SMILES string of the molecule is C=C1CN(Cc2ccccc2)[C@@H](COCc2ccccc2)[C@@H](OCc2ccccc2)[C@@H]1OCc1ccccc1. The average Bonchev–Trinajstić information content (AvgIpc) is 2.99. The van der Waals surface area contributed by atoms with Crippen LogP contribution in [0.25, 0.3) is 0 Å². The summed E-state index contributed by atoms with van der Waals surface area (Å²) in [6.07, 6.45) is -0.485. The summed E-state index contributed by atoms with van der Waals surface area (Å²) in [6, 6.07) is 41.5. The highest BCUT2D eigenvalue weighted by Crippen LogP contribution is 2.30. The number of ether oxygens (including phenoxy) is 3. The minimum Gasteiger partial charge on any atom is -0.375 e. The maximum atomic E-state index is 6.72. The Morgan fingerprint density at radius 3 is 1.59 bits per heavy atom. The molecule has 200 valence electrons. The van der Waals surface area contributed by atoms with Gasteiger partial charge in [0.25, 0.3) is 0 Å². The predicted octanol–water partition coefficient (Wildman–Crippen LogP) is 6.81. The van der Waals surface area contributed by atoms with E-state index in [4.69, 9.17) is 14.2 Å². The molecule has 0 amide bonds. The van der Waals surface area contributed by atoms with E-state index in [2.05, 4.69) is 78.2 Å². The average molecular weight is 520 g/mol. The Hall–Kier alpha value is -3.54. The van der Waals surface area contributed by atoms with Crippen LogP contribution in [0.5, 0.6) is 0 Å². The molecule has 4 aromatic carbocycles. The summed E-state index contributed by atoms with van der Waals surface area (Å²) >= 11 is 0. The van der Waals surface area contributed by atoms with Crippen LogP contribution in [-0.4, -0.2) is 36.3 Å². The lowest BCUT2D eigenvalue weighted by Crippen LogP contribution is -2.58. The summed E-state index contributed by atoms with van der Waals surface area (Å²) < 4.78 is 19.6. The molecular formula is C35H37NO3. The minimum absolute atomic E-state index is 0.0103. The molecule has 4 aromatic rings. The molecule has 1 aliphatic rings. The van der Waals surface area contributed by atoms with Gasteiger partial charge in [-0.15, -0.1) is 0 Å². The molecule has 5 rings (SSSR count). The Morgan fingerprint density at radius 1 is 0.590 bits per heavy atom. The van der Waals surface area contributed by atoms with E-state index in [9.17, 15) is 0 Å². The third kappa shape index (κ3) is 7.75. The van der Waals surface area contributed by atoms with E-state index in [-0.39, 0.29) is 18.2 Å². The van der Waals surface area contributed by atoms with Crippen molar-refractivity contribution in [1.29, 1.82) is 0 Å². The second kappa shape index (κ2) is 14.0. The van der Waals surface area contributed by atoms with E-state index < -0.39 is 0 Å². The van der Waals surface area contributed by atoms with Crippen LogP contribution in [0.3, 0.4) is 0 Å². The number of rotatable bonds is 12. The monoisotopic (exact) mass is 519 g/mol. The van der Waals surface area contributed by atoms with Gasteiger partial charge < -0.3 is 14.2 Å². The molecule has 4 nitrogen and oxygen atoms in total. The first kappa shape index (κ1) is 27.0. The van der Waals surface area contributed by atoms with E-state index in [1.54, 1.807) is 0 Å². The molecule has 0 spiro atoms. The van der Waals surface area contributed by atoms with Crippen LogP contribution in [0.4, 0.5) is 0 Å². The summed E-state index contributed by atoms with van der Waals surface area (Å²) in [6.45, 7) is 8.07. The van der Waals surface area contributed by atoms with Gasteiger partial charge in [-0.1, -0.05) is 128 Å². The first-order valence-corrected chi connectivity index (χ1v) is 13.6. The zero-order valence-corrected chi connectivity index (χ0v) is 22.4. The normalized spacial score (nSPS) is 19.7. The Kier molecular flexibility index (Phi) is 9.72. The van der Waals surface area contributed by atoms with Gasteiger partial charge in [-0.2, -0.15) is 0 Å². The van der Waals surface area contributed by atoms with Gasteiger partial charge in [0.15, 0.2) is 0 Å². The fraction of sp³-hybridized carbons (Fsp3) is 0.257. The Morgan fingerprint density at radius 2 is 1.05 bits per heavy atom. The quantitative estimate of drug-likeness (QED) is 0.192. The topological polar surface area (TPSA) is 30.9 Å². The van der Waals surface area contributed by atoms with E-state index in [0.717, 1.165) is 35.4 Å². The standard InChI is InChI=1S/C35H37NO3/c1-28-22-36(23-29-14-6-2-7-15-29)33(27-37-24-30-16-8-3-9-17-30)35(39-26-32-20-12-5-13-21-32)34(28)38-25-31-18-10-4-11-19-31/h2-21,33-35H,1,22-27H2/t33-,34+,35+/m0/s1. The van der Waals surface area contributed by atoms with Gasteiger partial charge in [0.2, 0.25) is 0 Å². The Bertz CT molecular complexity index is 1260. The zero-order chi connectivity index (χ0) is 26.7. The van der Waals surface area contributed by atoms with Crippen molar-refractivity contribution in [3.8, 4) is 0 Å². The summed E-state index contributed by atoms with van der Waals surface area (Å²) in [5.74, 6) is 0. The molecule has 39 heavy (non-hydrogen) atoms. The summed E-state index contributed by atoms with van der Waals surface area (Å²) in [7, 11) is 0. The van der Waals surface area contributed by atoms with Crippen molar-refractivity contribution in [2.45, 2.75) is 44.6 Å². The number of hydrogen-bond acceptors (Lipinski definition) is 4. The molecule has 4 heteroatoms. The van der Waals surface area contributed by atoms with E-state index >= 15 is 0 Å². The number of likely N-dealkylation sites (tertiary alicyclic amines) is 1. The first-order chi connectivity index (χ1) is 19.3. The second-order valence-corrected chi connectivity index (χ2v) is 10.1. The van der Waals surface area contributed by atoms with Crippen LogP contribution in [0.15, 0.2) is 133 Å². The number of nitrogens with zero attached hydrogens (tertiary/aromatic N) is 1. The van der Waals surface area contributed by atoms with Crippen LogP contribution in [0.1, 0.15) is 22.3 Å². The van der Waals surface area contributed by atoms with Gasteiger partial charge in [0, 0.05) is 13.1 Å². The van der Waals surface area contributed by atoms with Crippen molar-refractivity contribution in [3.63, 3.8) is 0 Å². The highest BCUT2D eigenvalue weighted by molar-refractivity contribution is 5.21. The lowest BCUT2D eigenvalue weighted by molar-refractivity contribution is -0.138. The van der Waals surface area contributed by atoms with Gasteiger partial charge in [-0.25, -0.2) is 0 Å². The number of piperidine rings is 1. The van der Waals surface area contributed by atoms with Gasteiger partial charge >= 0.3 is 0 Å². The maximum absolute atomic E-state index is 6.72. The predicted molar refractivity (Wildman–Crippen MR) is 156 cm³/mol.